The van der Waals surface area contributed by atoms with Crippen molar-refractivity contribution in [1.82, 2.24) is 5.32 Å². The van der Waals surface area contributed by atoms with Crippen molar-refractivity contribution >= 4 is 5.97 Å². The maximum absolute atomic E-state index is 11.2. The molecule has 0 aromatic rings. The van der Waals surface area contributed by atoms with Gasteiger partial charge in [-0.15, -0.1) is 0 Å². The van der Waals surface area contributed by atoms with E-state index in [1.165, 1.54) is 0 Å². The first kappa shape index (κ1) is 11.5. The quantitative estimate of drug-likeness (QED) is 0.712. The van der Waals surface area contributed by atoms with Gasteiger partial charge < -0.3 is 10.4 Å². The minimum Gasteiger partial charge on any atom is -0.481 e. The first-order valence-electron chi connectivity index (χ1n) is 5.36. The SMILES string of the molecule is CC(C)(C)C(C(=O)O)C1CCNCC1. The summed E-state index contributed by atoms with van der Waals surface area (Å²) in [7, 11) is 0. The molecule has 0 aliphatic carbocycles. The van der Waals surface area contributed by atoms with E-state index >= 15 is 0 Å². The molecule has 0 bridgehead atoms. The normalized spacial score (nSPS) is 21.9. The maximum Gasteiger partial charge on any atom is 0.307 e. The molecule has 1 fully saturated rings. The highest BCUT2D eigenvalue weighted by Gasteiger charge is 2.38. The summed E-state index contributed by atoms with van der Waals surface area (Å²) < 4.78 is 0. The van der Waals surface area contributed by atoms with Gasteiger partial charge in [0.1, 0.15) is 0 Å². The number of hydrogen-bond acceptors (Lipinski definition) is 2. The van der Waals surface area contributed by atoms with Crippen molar-refractivity contribution in [2.24, 2.45) is 17.3 Å². The predicted molar refractivity (Wildman–Crippen MR) is 56.2 cm³/mol. The Labute approximate surface area is 85.9 Å². The number of carboxylic acid groups (broad SMARTS) is 1. The summed E-state index contributed by atoms with van der Waals surface area (Å²) >= 11 is 0. The molecule has 82 valence electrons. The first-order chi connectivity index (χ1) is 6.43. The van der Waals surface area contributed by atoms with Crippen LogP contribution in [0.4, 0.5) is 0 Å². The minimum atomic E-state index is -0.635. The topological polar surface area (TPSA) is 49.3 Å². The van der Waals surface area contributed by atoms with Crippen LogP contribution in [0, 0.1) is 17.3 Å². The third-order valence-corrected chi connectivity index (χ3v) is 3.05. The van der Waals surface area contributed by atoms with E-state index in [1.807, 2.05) is 20.8 Å². The largest absolute Gasteiger partial charge is 0.481 e. The molecule has 1 atom stereocenters. The van der Waals surface area contributed by atoms with Crippen LogP contribution in [-0.2, 0) is 4.79 Å². The Morgan fingerprint density at radius 2 is 1.86 bits per heavy atom. The summed E-state index contributed by atoms with van der Waals surface area (Å²) in [5, 5.41) is 12.5. The van der Waals surface area contributed by atoms with Gasteiger partial charge in [0.15, 0.2) is 0 Å². The molecule has 1 aliphatic heterocycles. The van der Waals surface area contributed by atoms with Gasteiger partial charge in [0.2, 0.25) is 0 Å². The molecular formula is C11H21NO2. The fourth-order valence-corrected chi connectivity index (χ4v) is 2.46. The molecule has 0 aromatic heterocycles. The van der Waals surface area contributed by atoms with Crippen molar-refractivity contribution in [3.63, 3.8) is 0 Å². The van der Waals surface area contributed by atoms with Gasteiger partial charge in [0.25, 0.3) is 0 Å². The first-order valence-corrected chi connectivity index (χ1v) is 5.36. The number of aliphatic carboxylic acids is 1. The van der Waals surface area contributed by atoms with E-state index in [0.29, 0.717) is 5.92 Å². The molecule has 0 aromatic carbocycles. The van der Waals surface area contributed by atoms with Crippen LogP contribution in [-0.4, -0.2) is 24.2 Å². The lowest BCUT2D eigenvalue weighted by molar-refractivity contribution is -0.148. The average Bonchev–Trinajstić information content (AvgIpc) is 2.02. The number of nitrogens with one attached hydrogen (secondary N) is 1. The predicted octanol–water partition coefficient (Wildman–Crippen LogP) is 1.73. The molecule has 2 N–H and O–H groups in total. The van der Waals surface area contributed by atoms with Crippen LogP contribution in [0.1, 0.15) is 33.6 Å². The van der Waals surface area contributed by atoms with Crippen LogP contribution in [0.5, 0.6) is 0 Å². The molecule has 3 nitrogen and oxygen atoms in total. The van der Waals surface area contributed by atoms with Crippen LogP contribution in [0.15, 0.2) is 0 Å². The molecule has 1 aliphatic rings. The van der Waals surface area contributed by atoms with Crippen molar-refractivity contribution in [2.45, 2.75) is 33.6 Å². The van der Waals surface area contributed by atoms with Crippen LogP contribution in [0.2, 0.25) is 0 Å². The van der Waals surface area contributed by atoms with E-state index in [-0.39, 0.29) is 11.3 Å². The van der Waals surface area contributed by atoms with E-state index in [0.717, 1.165) is 25.9 Å². The van der Waals surface area contributed by atoms with Gasteiger partial charge in [0.05, 0.1) is 5.92 Å². The molecule has 1 rings (SSSR count). The molecule has 3 heteroatoms. The Bertz CT molecular complexity index is 202. The smallest absolute Gasteiger partial charge is 0.307 e. The fraction of sp³-hybridized carbons (Fsp3) is 0.909. The maximum atomic E-state index is 11.2. The van der Waals surface area contributed by atoms with E-state index in [2.05, 4.69) is 5.32 Å². The molecule has 0 amide bonds. The minimum absolute atomic E-state index is 0.131. The van der Waals surface area contributed by atoms with Gasteiger partial charge in [-0.05, 0) is 37.3 Å². The number of carbonyl (C=O) groups is 1. The highest BCUT2D eigenvalue weighted by atomic mass is 16.4. The standard InChI is InChI=1S/C11H21NO2/c1-11(2,3)9(10(13)14)8-4-6-12-7-5-8/h8-9,12H,4-7H2,1-3H3,(H,13,14). The lowest BCUT2D eigenvalue weighted by Crippen LogP contribution is -2.40. The Morgan fingerprint density at radius 3 is 2.21 bits per heavy atom. The summed E-state index contributed by atoms with van der Waals surface area (Å²) in [6.45, 7) is 7.99. The molecule has 0 saturated carbocycles. The van der Waals surface area contributed by atoms with Gasteiger partial charge in [-0.1, -0.05) is 20.8 Å². The number of piperidine rings is 1. The van der Waals surface area contributed by atoms with Gasteiger partial charge in [0, 0.05) is 0 Å². The highest BCUT2D eigenvalue weighted by molar-refractivity contribution is 5.71. The Kier molecular flexibility index (Phi) is 3.53. The fourth-order valence-electron chi connectivity index (χ4n) is 2.46. The van der Waals surface area contributed by atoms with Crippen LogP contribution in [0.3, 0.4) is 0 Å². The van der Waals surface area contributed by atoms with Crippen LogP contribution >= 0.6 is 0 Å². The number of carboxylic acids is 1. The second-order valence-corrected chi connectivity index (χ2v) is 5.27. The van der Waals surface area contributed by atoms with Crippen molar-refractivity contribution in [2.75, 3.05) is 13.1 Å². The summed E-state index contributed by atoms with van der Waals surface area (Å²) in [5.74, 6) is -0.497. The molecule has 1 saturated heterocycles. The van der Waals surface area contributed by atoms with Gasteiger partial charge >= 0.3 is 5.97 Å². The van der Waals surface area contributed by atoms with E-state index < -0.39 is 5.97 Å². The molecule has 1 heterocycles. The van der Waals surface area contributed by atoms with Crippen molar-refractivity contribution in [3.8, 4) is 0 Å². The van der Waals surface area contributed by atoms with Crippen molar-refractivity contribution in [1.29, 1.82) is 0 Å². The van der Waals surface area contributed by atoms with E-state index in [1.54, 1.807) is 0 Å². The molecule has 0 spiro atoms. The zero-order valence-corrected chi connectivity index (χ0v) is 9.34. The Balaban J connectivity index is 2.71. The summed E-state index contributed by atoms with van der Waals surface area (Å²) in [4.78, 5) is 11.2. The summed E-state index contributed by atoms with van der Waals surface area (Å²) in [5.41, 5.74) is -0.131. The highest BCUT2D eigenvalue weighted by Crippen LogP contribution is 2.36. The van der Waals surface area contributed by atoms with Crippen molar-refractivity contribution < 1.29 is 9.90 Å². The number of rotatable bonds is 2. The van der Waals surface area contributed by atoms with E-state index in [9.17, 15) is 9.90 Å². The van der Waals surface area contributed by atoms with Gasteiger partial charge in [-0.3, -0.25) is 4.79 Å². The molecule has 14 heavy (non-hydrogen) atoms. The average molecular weight is 199 g/mol. The van der Waals surface area contributed by atoms with Crippen LogP contribution < -0.4 is 5.32 Å². The Hall–Kier alpha value is -0.570. The lowest BCUT2D eigenvalue weighted by Gasteiger charge is -2.36. The zero-order chi connectivity index (χ0) is 10.8. The third kappa shape index (κ3) is 2.71. The van der Waals surface area contributed by atoms with Gasteiger partial charge in [-0.25, -0.2) is 0 Å². The molecule has 1 unspecified atom stereocenters. The monoisotopic (exact) mass is 199 g/mol. The summed E-state index contributed by atoms with van der Waals surface area (Å²) in [6, 6.07) is 0. The Morgan fingerprint density at radius 1 is 1.36 bits per heavy atom. The second kappa shape index (κ2) is 4.30. The van der Waals surface area contributed by atoms with E-state index in [4.69, 9.17) is 0 Å². The lowest BCUT2D eigenvalue weighted by atomic mass is 9.70. The second-order valence-electron chi connectivity index (χ2n) is 5.27. The van der Waals surface area contributed by atoms with Gasteiger partial charge in [-0.2, -0.15) is 0 Å². The zero-order valence-electron chi connectivity index (χ0n) is 9.34. The third-order valence-electron chi connectivity index (χ3n) is 3.05. The van der Waals surface area contributed by atoms with Crippen LogP contribution in [0.25, 0.3) is 0 Å². The summed E-state index contributed by atoms with van der Waals surface area (Å²) in [6.07, 6.45) is 1.99. The van der Waals surface area contributed by atoms with Crippen molar-refractivity contribution in [3.05, 3.63) is 0 Å². The molecular weight excluding hydrogens is 178 g/mol. The number of hydrogen-bond donors (Lipinski definition) is 2. The molecule has 0 radical (unpaired) electrons.